The predicted molar refractivity (Wildman–Crippen MR) is 73.0 cm³/mol. The lowest BCUT2D eigenvalue weighted by molar-refractivity contribution is -0.385. The van der Waals surface area contributed by atoms with Crippen LogP contribution in [0.2, 0.25) is 0 Å². The van der Waals surface area contributed by atoms with Gasteiger partial charge in [-0.1, -0.05) is 18.9 Å². The summed E-state index contributed by atoms with van der Waals surface area (Å²) < 4.78 is 0. The van der Waals surface area contributed by atoms with Crippen LogP contribution in [0.4, 0.5) is 11.4 Å². The van der Waals surface area contributed by atoms with Crippen molar-refractivity contribution in [1.82, 2.24) is 0 Å². The van der Waals surface area contributed by atoms with Crippen LogP contribution in [0.3, 0.4) is 0 Å². The van der Waals surface area contributed by atoms with Crippen molar-refractivity contribution >= 4 is 17.3 Å². The topological polar surface area (TPSA) is 72.2 Å². The maximum absolute atomic E-state index is 11.9. The molecule has 0 heterocycles. The quantitative estimate of drug-likeness (QED) is 0.667. The number of amides is 1. The third-order valence-corrected chi connectivity index (χ3v) is 3.64. The van der Waals surface area contributed by atoms with Gasteiger partial charge < -0.3 is 5.32 Å². The number of carbonyl (C=O) groups is 1. The van der Waals surface area contributed by atoms with Crippen molar-refractivity contribution in [1.29, 1.82) is 0 Å². The van der Waals surface area contributed by atoms with Gasteiger partial charge in [-0.05, 0) is 31.7 Å². The molecule has 0 unspecified atom stereocenters. The maximum Gasteiger partial charge on any atom is 0.274 e. The Morgan fingerprint density at radius 1 is 1.42 bits per heavy atom. The largest absolute Gasteiger partial charge is 0.326 e. The zero-order chi connectivity index (χ0) is 13.8. The van der Waals surface area contributed by atoms with Gasteiger partial charge in [0.15, 0.2) is 0 Å². The van der Waals surface area contributed by atoms with Crippen molar-refractivity contribution < 1.29 is 9.72 Å². The number of carbonyl (C=O) groups excluding carboxylic acids is 1. The molecule has 1 N–H and O–H groups in total. The Hall–Kier alpha value is -1.91. The molecule has 5 heteroatoms. The molecule has 1 fully saturated rings. The van der Waals surface area contributed by atoms with E-state index in [1.165, 1.54) is 18.9 Å². The standard InChI is InChI=1S/C14H18N2O3/c1-10-6-7-12(9-13(10)16(18)19)15-14(17)8-11-4-2-3-5-11/h6-7,9,11H,2-5,8H2,1H3,(H,15,17). The van der Waals surface area contributed by atoms with Crippen molar-refractivity contribution in [3.63, 3.8) is 0 Å². The van der Waals surface area contributed by atoms with Crippen LogP contribution in [0.5, 0.6) is 0 Å². The summed E-state index contributed by atoms with van der Waals surface area (Å²) in [7, 11) is 0. The first-order valence-electron chi connectivity index (χ1n) is 6.61. The van der Waals surface area contributed by atoms with E-state index in [2.05, 4.69) is 5.32 Å². The Bertz CT molecular complexity index is 493. The summed E-state index contributed by atoms with van der Waals surface area (Å²) >= 11 is 0. The molecule has 19 heavy (non-hydrogen) atoms. The number of benzene rings is 1. The van der Waals surface area contributed by atoms with E-state index in [0.717, 1.165) is 12.8 Å². The summed E-state index contributed by atoms with van der Waals surface area (Å²) in [4.78, 5) is 22.3. The zero-order valence-corrected chi connectivity index (χ0v) is 11.0. The van der Waals surface area contributed by atoms with E-state index in [9.17, 15) is 14.9 Å². The number of nitrogens with zero attached hydrogens (tertiary/aromatic N) is 1. The van der Waals surface area contributed by atoms with Crippen molar-refractivity contribution in [2.75, 3.05) is 5.32 Å². The van der Waals surface area contributed by atoms with Crippen LogP contribution in [0.15, 0.2) is 18.2 Å². The summed E-state index contributed by atoms with van der Waals surface area (Å²) in [5, 5.41) is 13.6. The van der Waals surface area contributed by atoms with Crippen LogP contribution in [-0.4, -0.2) is 10.8 Å². The van der Waals surface area contributed by atoms with Gasteiger partial charge in [-0.2, -0.15) is 0 Å². The SMILES string of the molecule is Cc1ccc(NC(=O)CC2CCCC2)cc1[N+](=O)[O-]. The van der Waals surface area contributed by atoms with Crippen molar-refractivity contribution in [2.24, 2.45) is 5.92 Å². The first-order valence-corrected chi connectivity index (χ1v) is 6.61. The number of aryl methyl sites for hydroxylation is 1. The minimum Gasteiger partial charge on any atom is -0.326 e. The van der Waals surface area contributed by atoms with Crippen LogP contribution in [0, 0.1) is 23.0 Å². The third kappa shape index (κ3) is 3.53. The molecule has 1 aromatic carbocycles. The first-order chi connectivity index (χ1) is 9.06. The summed E-state index contributed by atoms with van der Waals surface area (Å²) in [5.41, 5.74) is 1.14. The molecule has 102 valence electrons. The average molecular weight is 262 g/mol. The minimum absolute atomic E-state index is 0.0404. The molecule has 1 aromatic rings. The number of nitro benzene ring substituents is 1. The Morgan fingerprint density at radius 2 is 2.11 bits per heavy atom. The second-order valence-corrected chi connectivity index (χ2v) is 5.16. The summed E-state index contributed by atoms with van der Waals surface area (Å²) in [6.07, 6.45) is 5.15. The van der Waals surface area contributed by atoms with Crippen molar-refractivity contribution in [3.05, 3.63) is 33.9 Å². The molecule has 0 aromatic heterocycles. The van der Waals surface area contributed by atoms with Gasteiger partial charge in [-0.25, -0.2) is 0 Å². The van der Waals surface area contributed by atoms with Gasteiger partial charge in [-0.3, -0.25) is 14.9 Å². The Labute approximate surface area is 112 Å². The number of hydrogen-bond donors (Lipinski definition) is 1. The molecule has 0 bridgehead atoms. The van der Waals surface area contributed by atoms with Crippen molar-refractivity contribution in [3.8, 4) is 0 Å². The lowest BCUT2D eigenvalue weighted by Crippen LogP contribution is -2.15. The van der Waals surface area contributed by atoms with Crippen molar-refractivity contribution in [2.45, 2.75) is 39.0 Å². The number of rotatable bonds is 4. The molecule has 1 aliphatic carbocycles. The molecule has 2 rings (SSSR count). The molecule has 1 amide bonds. The highest BCUT2D eigenvalue weighted by atomic mass is 16.6. The average Bonchev–Trinajstić information content (AvgIpc) is 2.84. The minimum atomic E-state index is -0.429. The van der Waals surface area contributed by atoms with Gasteiger partial charge in [0.1, 0.15) is 0 Å². The zero-order valence-electron chi connectivity index (χ0n) is 11.0. The van der Waals surface area contributed by atoms with Crippen LogP contribution in [-0.2, 0) is 4.79 Å². The Morgan fingerprint density at radius 3 is 2.74 bits per heavy atom. The van der Waals surface area contributed by atoms with Gasteiger partial charge in [-0.15, -0.1) is 0 Å². The van der Waals surface area contributed by atoms with E-state index in [-0.39, 0.29) is 11.6 Å². The number of hydrogen-bond acceptors (Lipinski definition) is 3. The Kier molecular flexibility index (Phi) is 4.14. The highest BCUT2D eigenvalue weighted by Crippen LogP contribution is 2.28. The summed E-state index contributed by atoms with van der Waals surface area (Å²) in [6, 6.07) is 4.78. The normalized spacial score (nSPS) is 15.4. The smallest absolute Gasteiger partial charge is 0.274 e. The van der Waals surface area contributed by atoms with E-state index in [1.807, 2.05) is 0 Å². The third-order valence-electron chi connectivity index (χ3n) is 3.64. The van der Waals surface area contributed by atoms with E-state index in [0.29, 0.717) is 23.6 Å². The van der Waals surface area contributed by atoms with Crippen LogP contribution in [0.25, 0.3) is 0 Å². The molecule has 0 saturated heterocycles. The predicted octanol–water partition coefficient (Wildman–Crippen LogP) is 3.42. The van der Waals surface area contributed by atoms with E-state index < -0.39 is 4.92 Å². The van der Waals surface area contributed by atoms with Crippen LogP contribution >= 0.6 is 0 Å². The maximum atomic E-state index is 11.9. The fourth-order valence-electron chi connectivity index (χ4n) is 2.57. The van der Waals surface area contributed by atoms with Gasteiger partial charge in [0, 0.05) is 23.7 Å². The fraction of sp³-hybridized carbons (Fsp3) is 0.500. The fourth-order valence-corrected chi connectivity index (χ4v) is 2.57. The molecule has 0 spiro atoms. The lowest BCUT2D eigenvalue weighted by atomic mass is 10.0. The molecule has 1 saturated carbocycles. The molecular weight excluding hydrogens is 244 g/mol. The lowest BCUT2D eigenvalue weighted by Gasteiger charge is -2.09. The van der Waals surface area contributed by atoms with Gasteiger partial charge in [0.05, 0.1) is 4.92 Å². The van der Waals surface area contributed by atoms with E-state index in [4.69, 9.17) is 0 Å². The highest BCUT2D eigenvalue weighted by molar-refractivity contribution is 5.91. The second kappa shape index (κ2) is 5.82. The van der Waals surface area contributed by atoms with Gasteiger partial charge >= 0.3 is 0 Å². The first kappa shape index (κ1) is 13.5. The molecule has 1 aliphatic rings. The second-order valence-electron chi connectivity index (χ2n) is 5.16. The molecule has 0 radical (unpaired) electrons. The Balaban J connectivity index is 2.00. The van der Waals surface area contributed by atoms with Crippen LogP contribution < -0.4 is 5.32 Å². The number of nitro groups is 1. The van der Waals surface area contributed by atoms with Gasteiger partial charge in [0.25, 0.3) is 5.69 Å². The molecular formula is C14H18N2O3. The monoisotopic (exact) mass is 262 g/mol. The van der Waals surface area contributed by atoms with E-state index in [1.54, 1.807) is 19.1 Å². The molecule has 0 aliphatic heterocycles. The molecule has 5 nitrogen and oxygen atoms in total. The van der Waals surface area contributed by atoms with Gasteiger partial charge in [0.2, 0.25) is 5.91 Å². The summed E-state index contributed by atoms with van der Waals surface area (Å²) in [5.74, 6) is 0.422. The summed E-state index contributed by atoms with van der Waals surface area (Å²) in [6.45, 7) is 1.68. The van der Waals surface area contributed by atoms with E-state index >= 15 is 0 Å². The highest BCUT2D eigenvalue weighted by Gasteiger charge is 2.19. The molecule has 0 atom stereocenters. The van der Waals surface area contributed by atoms with Crippen LogP contribution in [0.1, 0.15) is 37.7 Å². The number of anilines is 1. The number of nitrogens with one attached hydrogen (secondary N) is 1.